The second kappa shape index (κ2) is 11.5. The number of carboxylic acids is 1. The van der Waals surface area contributed by atoms with Gasteiger partial charge < -0.3 is 14.6 Å². The second-order valence-corrected chi connectivity index (χ2v) is 8.29. The second-order valence-electron chi connectivity index (χ2n) is 8.29. The molecule has 0 aromatic heterocycles. The van der Waals surface area contributed by atoms with Crippen LogP contribution in [0.4, 0.5) is 0 Å². The molecular weight excluding hydrogens is 376 g/mol. The van der Waals surface area contributed by atoms with Crippen LogP contribution in [0.3, 0.4) is 0 Å². The molecule has 4 heteroatoms. The molecule has 0 aliphatic heterocycles. The molecule has 30 heavy (non-hydrogen) atoms. The van der Waals surface area contributed by atoms with Crippen molar-refractivity contribution in [2.45, 2.75) is 96.1 Å². The summed E-state index contributed by atoms with van der Waals surface area (Å²) < 4.78 is 12.7. The zero-order valence-electron chi connectivity index (χ0n) is 19.0. The number of hydrogen-bond donors (Lipinski definition) is 1. The molecule has 2 rings (SSSR count). The van der Waals surface area contributed by atoms with Gasteiger partial charge in [-0.2, -0.15) is 0 Å². The lowest BCUT2D eigenvalue weighted by Crippen LogP contribution is -2.45. The van der Waals surface area contributed by atoms with Crippen LogP contribution in [0.2, 0.25) is 0 Å². The van der Waals surface area contributed by atoms with E-state index in [0.717, 1.165) is 50.5 Å². The van der Waals surface area contributed by atoms with Gasteiger partial charge in [0.2, 0.25) is 5.60 Å². The maximum absolute atomic E-state index is 12.3. The number of aliphatic carboxylic acids is 1. The van der Waals surface area contributed by atoms with E-state index in [1.54, 1.807) is 12.2 Å². The highest BCUT2D eigenvalue weighted by Crippen LogP contribution is 2.38. The predicted molar refractivity (Wildman–Crippen MR) is 122 cm³/mol. The van der Waals surface area contributed by atoms with E-state index in [4.69, 9.17) is 9.47 Å². The van der Waals surface area contributed by atoms with Crippen LogP contribution in [0.25, 0.3) is 0 Å². The van der Waals surface area contributed by atoms with Crippen molar-refractivity contribution >= 4 is 5.97 Å². The fourth-order valence-electron chi connectivity index (χ4n) is 3.96. The summed E-state index contributed by atoms with van der Waals surface area (Å²) in [5, 5.41) is 10.0. The van der Waals surface area contributed by atoms with Crippen molar-refractivity contribution in [3.63, 3.8) is 0 Å². The van der Waals surface area contributed by atoms with Gasteiger partial charge in [-0.3, -0.25) is 0 Å². The number of rotatable bonds is 13. The Labute approximate surface area is 182 Å². The molecule has 166 valence electrons. The molecule has 2 atom stereocenters. The summed E-state index contributed by atoms with van der Waals surface area (Å²) in [5.74, 6) is -0.993. The first kappa shape index (κ1) is 24.4. The van der Waals surface area contributed by atoms with E-state index in [-0.39, 0.29) is 12.2 Å². The van der Waals surface area contributed by atoms with Crippen LogP contribution in [0.15, 0.2) is 54.6 Å². The van der Waals surface area contributed by atoms with Crippen LogP contribution in [0, 0.1) is 0 Å². The molecule has 1 aromatic carbocycles. The number of hydrogen-bond acceptors (Lipinski definition) is 3. The molecule has 1 aromatic rings. The molecule has 0 unspecified atom stereocenters. The average molecular weight is 415 g/mol. The van der Waals surface area contributed by atoms with Gasteiger partial charge in [0.1, 0.15) is 5.60 Å². The van der Waals surface area contributed by atoms with Crippen LogP contribution in [-0.4, -0.2) is 28.9 Å². The van der Waals surface area contributed by atoms with Crippen LogP contribution in [0.5, 0.6) is 0 Å². The van der Waals surface area contributed by atoms with Gasteiger partial charge in [-0.15, -0.1) is 0 Å². The van der Waals surface area contributed by atoms with E-state index in [2.05, 4.69) is 20.8 Å². The fourth-order valence-corrected chi connectivity index (χ4v) is 3.96. The Morgan fingerprint density at radius 3 is 2.13 bits per heavy atom. The maximum Gasteiger partial charge on any atom is 0.344 e. The molecule has 1 aliphatic rings. The van der Waals surface area contributed by atoms with Crippen molar-refractivity contribution < 1.29 is 19.4 Å². The molecule has 4 nitrogen and oxygen atoms in total. The Balaban J connectivity index is 2.31. The predicted octanol–water partition coefficient (Wildman–Crippen LogP) is 6.41. The summed E-state index contributed by atoms with van der Waals surface area (Å²) in [6, 6.07) is 9.95. The van der Waals surface area contributed by atoms with Gasteiger partial charge in [0, 0.05) is 0 Å². The molecule has 0 saturated heterocycles. The monoisotopic (exact) mass is 414 g/mol. The third-order valence-corrected chi connectivity index (χ3v) is 5.75. The lowest BCUT2D eigenvalue weighted by molar-refractivity contribution is -0.160. The minimum atomic E-state index is -1.46. The zero-order chi connectivity index (χ0) is 22.0. The highest BCUT2D eigenvalue weighted by Gasteiger charge is 2.43. The van der Waals surface area contributed by atoms with E-state index < -0.39 is 17.2 Å². The summed E-state index contributed by atoms with van der Waals surface area (Å²) in [4.78, 5) is 12.3. The number of carbonyl (C=O) groups is 1. The molecule has 0 radical (unpaired) electrons. The highest BCUT2D eigenvalue weighted by molar-refractivity contribution is 5.83. The summed E-state index contributed by atoms with van der Waals surface area (Å²) >= 11 is 0. The van der Waals surface area contributed by atoms with Gasteiger partial charge in [-0.1, -0.05) is 76.8 Å². The zero-order valence-corrected chi connectivity index (χ0v) is 19.0. The summed E-state index contributed by atoms with van der Waals surface area (Å²) in [6.07, 6.45) is 13.9. The first-order chi connectivity index (χ1) is 14.4. The molecule has 0 fully saturated rings. The molecule has 0 heterocycles. The SMILES string of the molecule is CCCCC[C@@H](CC)OC1(C(=O)O)C=CC(O[C@@H](C)CCC)(c2ccccc2)C=C1. The first-order valence-electron chi connectivity index (χ1n) is 11.5. The minimum Gasteiger partial charge on any atom is -0.479 e. The van der Waals surface area contributed by atoms with E-state index in [1.165, 1.54) is 0 Å². The summed E-state index contributed by atoms with van der Waals surface area (Å²) in [6.45, 7) is 8.41. The van der Waals surface area contributed by atoms with E-state index in [1.807, 2.05) is 49.4 Å². The molecular formula is C26H38O4. The van der Waals surface area contributed by atoms with Gasteiger partial charge in [-0.05, 0) is 56.1 Å². The topological polar surface area (TPSA) is 55.8 Å². The van der Waals surface area contributed by atoms with Crippen LogP contribution < -0.4 is 0 Å². The third kappa shape index (κ3) is 6.05. The quantitative estimate of drug-likeness (QED) is 0.299. The fraction of sp³-hybridized carbons (Fsp3) is 0.577. The first-order valence-corrected chi connectivity index (χ1v) is 11.5. The Bertz CT molecular complexity index is 693. The number of benzene rings is 1. The molecule has 1 aliphatic carbocycles. The Kier molecular flexibility index (Phi) is 9.32. The Morgan fingerprint density at radius 1 is 0.933 bits per heavy atom. The van der Waals surface area contributed by atoms with Crippen molar-refractivity contribution in [1.29, 1.82) is 0 Å². The van der Waals surface area contributed by atoms with Gasteiger partial charge in [-0.25, -0.2) is 4.79 Å². The van der Waals surface area contributed by atoms with Gasteiger partial charge in [0.25, 0.3) is 0 Å². The maximum atomic E-state index is 12.3. The van der Waals surface area contributed by atoms with Crippen molar-refractivity contribution in [3.8, 4) is 0 Å². The summed E-state index contributed by atoms with van der Waals surface area (Å²) in [7, 11) is 0. The molecule has 0 amide bonds. The average Bonchev–Trinajstić information content (AvgIpc) is 2.75. The van der Waals surface area contributed by atoms with Crippen molar-refractivity contribution in [2.24, 2.45) is 0 Å². The Morgan fingerprint density at radius 2 is 1.60 bits per heavy atom. The van der Waals surface area contributed by atoms with Crippen molar-refractivity contribution in [2.75, 3.05) is 0 Å². The van der Waals surface area contributed by atoms with E-state index in [9.17, 15) is 9.90 Å². The minimum absolute atomic E-state index is 0.0418. The van der Waals surface area contributed by atoms with E-state index in [0.29, 0.717) is 0 Å². The molecule has 0 spiro atoms. The highest BCUT2D eigenvalue weighted by atomic mass is 16.5. The van der Waals surface area contributed by atoms with Gasteiger partial charge in [0.05, 0.1) is 12.2 Å². The van der Waals surface area contributed by atoms with Gasteiger partial charge >= 0.3 is 5.97 Å². The number of unbranched alkanes of at least 4 members (excludes halogenated alkanes) is 2. The van der Waals surface area contributed by atoms with Gasteiger partial charge in [0.15, 0.2) is 0 Å². The summed E-state index contributed by atoms with van der Waals surface area (Å²) in [5.41, 5.74) is -1.26. The van der Waals surface area contributed by atoms with Crippen LogP contribution >= 0.6 is 0 Å². The number of ether oxygens (including phenoxy) is 2. The van der Waals surface area contributed by atoms with Crippen molar-refractivity contribution in [1.82, 2.24) is 0 Å². The Hall–Kier alpha value is -1.91. The third-order valence-electron chi connectivity index (χ3n) is 5.75. The normalized spacial score (nSPS) is 25.2. The molecule has 0 saturated carbocycles. The smallest absolute Gasteiger partial charge is 0.344 e. The lowest BCUT2D eigenvalue weighted by atomic mass is 9.83. The molecule has 0 bridgehead atoms. The van der Waals surface area contributed by atoms with E-state index >= 15 is 0 Å². The van der Waals surface area contributed by atoms with Crippen molar-refractivity contribution in [3.05, 3.63) is 60.2 Å². The largest absolute Gasteiger partial charge is 0.479 e. The number of carboxylic acid groups (broad SMARTS) is 1. The molecule has 1 N–H and O–H groups in total. The standard InChI is InChI=1S/C26H38O4/c1-5-8-10-16-23(7-3)30-26(24(27)28)19-17-25(18-20-26,29-21(4)13-6-2)22-14-11-9-12-15-22/h9,11-12,14-15,17-21,23H,5-8,10,13,16H2,1-4H3,(H,27,28)/t21-,23+,25?,26?/m0/s1. The van der Waals surface area contributed by atoms with Crippen LogP contribution in [-0.2, 0) is 19.9 Å². The lowest BCUT2D eigenvalue weighted by Gasteiger charge is -2.38. The van der Waals surface area contributed by atoms with Crippen LogP contribution in [0.1, 0.15) is 78.2 Å².